The minimum absolute atomic E-state index is 0.461. The Balaban J connectivity index is 1.76. The molecule has 252 valence electrons. The molecule has 48 heavy (non-hydrogen) atoms. The molecule has 6 fully saturated rings. The van der Waals surface area contributed by atoms with Gasteiger partial charge in [0, 0.05) is 11.8 Å². The van der Waals surface area contributed by atoms with Crippen LogP contribution in [0.15, 0.2) is 60.7 Å². The number of benzene rings is 2. The quantitative estimate of drug-likeness (QED) is 0.326. The third-order valence-corrected chi connectivity index (χ3v) is 11.8. The van der Waals surface area contributed by atoms with Gasteiger partial charge in [-0.15, -0.1) is 0 Å². The average molecular weight is 663 g/mol. The van der Waals surface area contributed by atoms with Crippen molar-refractivity contribution >= 4 is 36.1 Å². The molecule has 0 aromatic heterocycles. The van der Waals surface area contributed by atoms with E-state index in [0.717, 1.165) is 52.5 Å². The zero-order chi connectivity index (χ0) is 34.6. The van der Waals surface area contributed by atoms with E-state index >= 15 is 0 Å². The third kappa shape index (κ3) is 2.85. The molecule has 0 unspecified atom stereocenters. The van der Waals surface area contributed by atoms with Crippen LogP contribution < -0.4 is 0 Å². The van der Waals surface area contributed by atoms with E-state index in [1.54, 1.807) is 60.7 Å². The molecule has 4 saturated heterocycles. The molecule has 4 aliphatic heterocycles. The molecular weight excluding hydrogens is 628 g/mol. The van der Waals surface area contributed by atoms with Gasteiger partial charge in [0.2, 0.25) is 0 Å². The maximum absolute atomic E-state index is 14.8. The van der Waals surface area contributed by atoms with E-state index in [-0.39, 0.29) is 0 Å². The lowest BCUT2D eigenvalue weighted by atomic mass is 9.15. The maximum Gasteiger partial charge on any atom is 0.410 e. The van der Waals surface area contributed by atoms with Crippen LogP contribution in [0.4, 0.5) is 9.59 Å². The highest BCUT2D eigenvalue weighted by Crippen LogP contribution is 2.92. The number of ether oxygens (including phenoxy) is 6. The van der Waals surface area contributed by atoms with Gasteiger partial charge in [-0.2, -0.15) is 0 Å². The second-order valence-electron chi connectivity index (χ2n) is 12.8. The van der Waals surface area contributed by atoms with Crippen molar-refractivity contribution in [3.05, 3.63) is 71.8 Å². The van der Waals surface area contributed by atoms with Gasteiger partial charge in [-0.1, -0.05) is 60.7 Å². The van der Waals surface area contributed by atoms with Gasteiger partial charge in [0.05, 0.1) is 66.8 Å². The lowest BCUT2D eigenvalue weighted by Gasteiger charge is -2.93. The second kappa shape index (κ2) is 10.2. The molecule has 4 heterocycles. The lowest BCUT2D eigenvalue weighted by molar-refractivity contribution is -0.429. The number of methoxy groups -OCH3 is 6. The minimum Gasteiger partial charge on any atom is -0.468 e. The van der Waals surface area contributed by atoms with Crippen LogP contribution in [-0.4, -0.2) is 113 Å². The molecule has 8 bridgehead atoms. The second-order valence-corrected chi connectivity index (χ2v) is 12.8. The van der Waals surface area contributed by atoms with Crippen molar-refractivity contribution in [2.24, 2.45) is 21.7 Å². The minimum atomic E-state index is -2.01. The molecule has 2 aromatic rings. The predicted molar refractivity (Wildman–Crippen MR) is 160 cm³/mol. The Morgan fingerprint density at radius 2 is 0.688 bits per heavy atom. The number of carbonyl (C=O) groups is 6. The summed E-state index contributed by atoms with van der Waals surface area (Å²) in [6, 6.07) is 11.3. The van der Waals surface area contributed by atoms with Crippen LogP contribution in [0.1, 0.15) is 23.0 Å². The normalized spacial score (nSPS) is 37.3. The molecule has 0 radical (unpaired) electrons. The number of rotatable bonds is 6. The van der Waals surface area contributed by atoms with Crippen LogP contribution in [0.25, 0.3) is 0 Å². The van der Waals surface area contributed by atoms with Crippen molar-refractivity contribution in [2.75, 3.05) is 42.7 Å². The van der Waals surface area contributed by atoms with Crippen molar-refractivity contribution in [1.29, 1.82) is 0 Å². The molecule has 2 aliphatic carbocycles. The molecule has 8 rings (SSSR count). The van der Waals surface area contributed by atoms with E-state index in [9.17, 15) is 28.8 Å². The molecule has 14 nitrogen and oxygen atoms in total. The number of piperidine rings is 4. The van der Waals surface area contributed by atoms with E-state index in [4.69, 9.17) is 28.4 Å². The molecule has 6 aliphatic rings. The first kappa shape index (κ1) is 31.5. The summed E-state index contributed by atoms with van der Waals surface area (Å²) >= 11 is 0. The summed E-state index contributed by atoms with van der Waals surface area (Å²) < 4.78 is 32.7. The monoisotopic (exact) mass is 662 g/mol. The third-order valence-electron chi connectivity index (χ3n) is 11.8. The standard InChI is InChI=1S/C34H34N2O12/c1-43-25(37)31-19(17-13-9-7-10-14-17)32(26(38)44-2)23-34(28(40)46-4)20(18-15-11-8-12-16-18)33(27(39)45-3,21(31)35(23)29(41)47-5)22(31)36(24(32)34)30(42)48-6/h7-16,19-24H,1-6H3. The highest BCUT2D eigenvalue weighted by atomic mass is 16.6. The van der Waals surface area contributed by atoms with Gasteiger partial charge in [0.15, 0.2) is 0 Å². The molecule has 0 N–H and O–H groups in total. The molecule has 0 spiro atoms. The van der Waals surface area contributed by atoms with Crippen molar-refractivity contribution in [3.63, 3.8) is 0 Å². The van der Waals surface area contributed by atoms with Gasteiger partial charge < -0.3 is 28.4 Å². The van der Waals surface area contributed by atoms with Gasteiger partial charge >= 0.3 is 36.1 Å². The fraction of sp³-hybridized carbons (Fsp3) is 0.471. The largest absolute Gasteiger partial charge is 0.468 e. The van der Waals surface area contributed by atoms with Crippen molar-refractivity contribution < 1.29 is 57.2 Å². The van der Waals surface area contributed by atoms with E-state index in [2.05, 4.69) is 0 Å². The number of carbonyl (C=O) groups excluding carboxylic acids is 6. The topological polar surface area (TPSA) is 164 Å². The molecule has 2 aromatic carbocycles. The lowest BCUT2D eigenvalue weighted by Crippen LogP contribution is -3.10. The summed E-state index contributed by atoms with van der Waals surface area (Å²) in [5.41, 5.74) is -7.12. The molecular formula is C34H34N2O12. The zero-order valence-corrected chi connectivity index (χ0v) is 27.0. The van der Waals surface area contributed by atoms with Crippen LogP contribution in [0, 0.1) is 21.7 Å². The summed E-state index contributed by atoms with van der Waals surface area (Å²) in [4.78, 5) is 89.7. The number of hydrogen-bond donors (Lipinski definition) is 0. The first-order valence-corrected chi connectivity index (χ1v) is 15.2. The molecule has 2 saturated carbocycles. The van der Waals surface area contributed by atoms with Gasteiger partial charge in [0.25, 0.3) is 0 Å². The Labute approximate surface area is 275 Å². The predicted octanol–water partition coefficient (Wildman–Crippen LogP) is 1.87. The number of nitrogens with zero attached hydrogens (tertiary/aromatic N) is 2. The summed E-state index contributed by atoms with van der Waals surface area (Å²) in [6.07, 6.45) is -2.04. The van der Waals surface area contributed by atoms with Gasteiger partial charge in [-0.25, -0.2) is 9.59 Å². The van der Waals surface area contributed by atoms with Gasteiger partial charge in [0.1, 0.15) is 21.7 Å². The summed E-state index contributed by atoms with van der Waals surface area (Å²) in [6.45, 7) is 0. The number of amides is 2. The van der Waals surface area contributed by atoms with Crippen LogP contribution in [0.3, 0.4) is 0 Å². The van der Waals surface area contributed by atoms with E-state index in [0.29, 0.717) is 11.1 Å². The Bertz CT molecular complexity index is 1530. The molecule has 2 amide bonds. The molecule has 0 atom stereocenters. The fourth-order valence-corrected chi connectivity index (χ4v) is 11.3. The Morgan fingerprint density at radius 1 is 0.438 bits per heavy atom. The summed E-state index contributed by atoms with van der Waals surface area (Å²) in [5, 5.41) is 0. The van der Waals surface area contributed by atoms with Gasteiger partial charge in [-0.3, -0.25) is 29.0 Å². The Morgan fingerprint density at radius 3 is 0.896 bits per heavy atom. The zero-order valence-electron chi connectivity index (χ0n) is 27.0. The van der Waals surface area contributed by atoms with Crippen molar-refractivity contribution in [1.82, 2.24) is 9.80 Å². The highest BCUT2D eigenvalue weighted by Gasteiger charge is 3.08. The Hall–Kier alpha value is -5.14. The van der Waals surface area contributed by atoms with Crippen LogP contribution in [-0.2, 0) is 47.6 Å². The number of esters is 4. The average Bonchev–Trinajstić information content (AvgIpc) is 3.11. The summed E-state index contributed by atoms with van der Waals surface area (Å²) in [7, 11) is 6.80. The highest BCUT2D eigenvalue weighted by molar-refractivity contribution is 6.05. The number of hydrogen-bond acceptors (Lipinski definition) is 12. The van der Waals surface area contributed by atoms with Gasteiger partial charge in [-0.05, 0) is 11.1 Å². The van der Waals surface area contributed by atoms with Crippen LogP contribution >= 0.6 is 0 Å². The van der Waals surface area contributed by atoms with Crippen LogP contribution in [0.2, 0.25) is 0 Å². The van der Waals surface area contributed by atoms with E-state index < -0.39 is 93.7 Å². The maximum atomic E-state index is 14.8. The summed E-state index contributed by atoms with van der Waals surface area (Å²) in [5.74, 6) is -6.00. The Kier molecular flexibility index (Phi) is 6.67. The SMILES string of the molecule is COC(=O)N1C2C3(C(=O)OC)C(c4ccccc4)C4(C(=O)OC)C1C1(C(=O)OC)C(c5ccccc5)C2(C(=O)OC)C3N(C(=O)OC)C41. The van der Waals surface area contributed by atoms with E-state index in [1.165, 1.54) is 0 Å². The van der Waals surface area contributed by atoms with Crippen molar-refractivity contribution in [3.8, 4) is 0 Å². The first-order valence-electron chi connectivity index (χ1n) is 15.2. The fourth-order valence-electron chi connectivity index (χ4n) is 11.3. The molecule has 14 heteroatoms. The van der Waals surface area contributed by atoms with Crippen molar-refractivity contribution in [2.45, 2.75) is 36.0 Å². The smallest absolute Gasteiger partial charge is 0.410 e. The van der Waals surface area contributed by atoms with Crippen LogP contribution in [0.5, 0.6) is 0 Å². The van der Waals surface area contributed by atoms with E-state index in [1.807, 2.05) is 0 Å². The first-order chi connectivity index (χ1) is 23.1.